The van der Waals surface area contributed by atoms with E-state index in [4.69, 9.17) is 0 Å². The van der Waals surface area contributed by atoms with E-state index >= 15 is 0 Å². The zero-order valence-corrected chi connectivity index (χ0v) is 31.3. The third-order valence-corrected chi connectivity index (χ3v) is 7.96. The Kier molecular flexibility index (Phi) is 27.2. The molecule has 4 nitrogen and oxygen atoms in total. The lowest BCUT2D eigenvalue weighted by Gasteiger charge is -2.14. The molecule has 4 aromatic heterocycles. The van der Waals surface area contributed by atoms with Gasteiger partial charge in [-0.15, -0.1) is 0 Å². The Morgan fingerprint density at radius 1 is 0.500 bits per heavy atom. The van der Waals surface area contributed by atoms with Gasteiger partial charge in [0.1, 0.15) is 0 Å². The maximum Gasteiger partial charge on any atom is 0.0276 e. The molecule has 0 unspecified atom stereocenters. The van der Waals surface area contributed by atoms with Crippen molar-refractivity contribution in [2.75, 3.05) is 0 Å². The zero-order chi connectivity index (χ0) is 33.7. The van der Waals surface area contributed by atoms with Crippen molar-refractivity contribution >= 4 is 0 Å². The average Bonchev–Trinajstić information content (AvgIpc) is 3.75. The third-order valence-electron chi connectivity index (χ3n) is 7.96. The van der Waals surface area contributed by atoms with Crippen LogP contribution in [0.1, 0.15) is 228 Å². The molecule has 0 fully saturated rings. The molecule has 4 aromatic rings. The van der Waals surface area contributed by atoms with Gasteiger partial charge in [-0.3, -0.25) is 0 Å². The predicted molar refractivity (Wildman–Crippen MR) is 223 cm³/mol. The SMILES string of the molecule is C.C.C.C.CC(C)c1c[nH]c(C(C)C)c1.CC(C)c1cc[nH]c1C(C)C.CC(C)c1ccc(C(C)C)[nH]1.CC(C)c1cccn1C(C)C. The smallest absolute Gasteiger partial charge is 0.0276 e. The Morgan fingerprint density at radius 3 is 1.27 bits per heavy atom. The molecule has 4 heteroatoms. The highest BCUT2D eigenvalue weighted by molar-refractivity contribution is 5.26. The molecule has 0 amide bonds. The Bertz CT molecular complexity index is 1090. The number of aromatic nitrogens is 4. The van der Waals surface area contributed by atoms with Crippen molar-refractivity contribution in [1.82, 2.24) is 19.5 Å². The maximum absolute atomic E-state index is 3.41. The van der Waals surface area contributed by atoms with Gasteiger partial charge in [0.2, 0.25) is 0 Å². The summed E-state index contributed by atoms with van der Waals surface area (Å²) >= 11 is 0. The average molecular weight is 669 g/mol. The van der Waals surface area contributed by atoms with Crippen LogP contribution in [0.3, 0.4) is 0 Å². The quantitative estimate of drug-likeness (QED) is 0.167. The van der Waals surface area contributed by atoms with Crippen molar-refractivity contribution in [1.29, 1.82) is 0 Å². The van der Waals surface area contributed by atoms with Crippen LogP contribution in [0.15, 0.2) is 55.0 Å². The van der Waals surface area contributed by atoms with Crippen molar-refractivity contribution in [3.8, 4) is 0 Å². The molecule has 0 bridgehead atoms. The molecule has 0 saturated heterocycles. The molecule has 3 N–H and O–H groups in total. The minimum atomic E-state index is 0. The standard InChI is InChI=1S/4C10H17N.4CH4/c1-7(2)9-5-10(8(3)4)11-6-9;1-8(2)10-6-5-7-11(10)9(3)4;1-7(2)9-5-6-11-10(9)8(3)4;1-7(2)9-5-6-10(11-9)8(3)4;;;;/h5-8,11H,1-4H3;5-9H,1-4H3;2*5-8,11H,1-4H3;4*1H4. The van der Waals surface area contributed by atoms with Gasteiger partial charge in [0.25, 0.3) is 0 Å². The van der Waals surface area contributed by atoms with Gasteiger partial charge in [-0.05, 0) is 103 Å². The van der Waals surface area contributed by atoms with Gasteiger partial charge >= 0.3 is 0 Å². The summed E-state index contributed by atoms with van der Waals surface area (Å²) in [6, 6.07) is 13.7. The molecule has 0 spiro atoms. The number of hydrogen-bond acceptors (Lipinski definition) is 0. The van der Waals surface area contributed by atoms with Crippen molar-refractivity contribution in [3.05, 3.63) is 94.6 Å². The molecule has 0 atom stereocenters. The molecule has 48 heavy (non-hydrogen) atoms. The number of aromatic amines is 3. The molecule has 0 radical (unpaired) electrons. The molecule has 4 heterocycles. The van der Waals surface area contributed by atoms with Crippen LogP contribution < -0.4 is 0 Å². The minimum Gasteiger partial charge on any atom is -0.365 e. The van der Waals surface area contributed by atoms with Gasteiger partial charge in [0.15, 0.2) is 0 Å². The van der Waals surface area contributed by atoms with Crippen LogP contribution in [0, 0.1) is 0 Å². The van der Waals surface area contributed by atoms with E-state index in [1.807, 2.05) is 6.20 Å². The molecule has 4 rings (SSSR count). The summed E-state index contributed by atoms with van der Waals surface area (Å²) in [5.74, 6) is 4.36. The summed E-state index contributed by atoms with van der Waals surface area (Å²) in [7, 11) is 0. The number of rotatable bonds is 8. The van der Waals surface area contributed by atoms with E-state index in [2.05, 4.69) is 179 Å². The molecule has 0 aliphatic carbocycles. The predicted octanol–water partition coefficient (Wildman–Crippen LogP) is 15.5. The first-order chi connectivity index (χ1) is 20.5. The van der Waals surface area contributed by atoms with Gasteiger partial charge < -0.3 is 19.5 Å². The highest BCUT2D eigenvalue weighted by Gasteiger charge is 2.10. The van der Waals surface area contributed by atoms with E-state index in [1.165, 1.54) is 39.6 Å². The highest BCUT2D eigenvalue weighted by Crippen LogP contribution is 2.24. The topological polar surface area (TPSA) is 52.3 Å². The summed E-state index contributed by atoms with van der Waals surface area (Å²) in [4.78, 5) is 9.99. The van der Waals surface area contributed by atoms with Crippen LogP contribution in [-0.4, -0.2) is 19.5 Å². The van der Waals surface area contributed by atoms with Crippen molar-refractivity contribution in [3.63, 3.8) is 0 Å². The monoisotopic (exact) mass is 669 g/mol. The van der Waals surface area contributed by atoms with E-state index < -0.39 is 0 Å². The van der Waals surface area contributed by atoms with Gasteiger partial charge in [0.05, 0.1) is 0 Å². The van der Waals surface area contributed by atoms with Crippen LogP contribution in [0.2, 0.25) is 0 Å². The second kappa shape index (κ2) is 25.1. The first kappa shape index (κ1) is 51.9. The van der Waals surface area contributed by atoms with Crippen LogP contribution >= 0.6 is 0 Å². The van der Waals surface area contributed by atoms with Gasteiger partial charge in [-0.2, -0.15) is 0 Å². The number of nitrogens with one attached hydrogen (secondary N) is 3. The van der Waals surface area contributed by atoms with Gasteiger partial charge in [0, 0.05) is 53.1 Å². The van der Waals surface area contributed by atoms with E-state index in [0.717, 1.165) is 0 Å². The number of nitrogens with zero attached hydrogens (tertiary/aromatic N) is 1. The van der Waals surface area contributed by atoms with E-state index in [9.17, 15) is 0 Å². The second-order valence-corrected chi connectivity index (χ2v) is 14.6. The zero-order valence-electron chi connectivity index (χ0n) is 31.3. The van der Waals surface area contributed by atoms with E-state index in [0.29, 0.717) is 47.5 Å². The summed E-state index contributed by atoms with van der Waals surface area (Å²) in [6.45, 7) is 35.4. The largest absolute Gasteiger partial charge is 0.365 e. The maximum atomic E-state index is 3.41. The molecule has 0 aliphatic rings. The van der Waals surface area contributed by atoms with E-state index in [1.54, 1.807) is 0 Å². The fraction of sp³-hybridized carbons (Fsp3) is 0.636. The van der Waals surface area contributed by atoms with Crippen molar-refractivity contribution in [2.24, 2.45) is 0 Å². The lowest BCUT2D eigenvalue weighted by atomic mass is 9.98. The highest BCUT2D eigenvalue weighted by atomic mass is 15.0. The Labute approximate surface area is 301 Å². The van der Waals surface area contributed by atoms with Crippen molar-refractivity contribution < 1.29 is 0 Å². The fourth-order valence-electron chi connectivity index (χ4n) is 4.96. The Hall–Kier alpha value is -2.88. The van der Waals surface area contributed by atoms with E-state index in [-0.39, 0.29) is 29.7 Å². The fourth-order valence-corrected chi connectivity index (χ4v) is 4.96. The third kappa shape index (κ3) is 17.0. The molecule has 0 aromatic carbocycles. The summed E-state index contributed by atoms with van der Waals surface area (Å²) < 4.78 is 2.32. The first-order valence-electron chi connectivity index (χ1n) is 17.2. The summed E-state index contributed by atoms with van der Waals surface area (Å²) in [5, 5.41) is 0. The van der Waals surface area contributed by atoms with Crippen LogP contribution in [0.5, 0.6) is 0 Å². The Morgan fingerprint density at radius 2 is 1.00 bits per heavy atom. The van der Waals surface area contributed by atoms with Crippen LogP contribution in [-0.2, 0) is 0 Å². The summed E-state index contributed by atoms with van der Waals surface area (Å²) in [5.41, 5.74) is 9.71. The second-order valence-electron chi connectivity index (χ2n) is 14.6. The lowest BCUT2D eigenvalue weighted by molar-refractivity contribution is 0.560. The molecule has 0 aliphatic heterocycles. The molecular formula is C44H84N4. The number of H-pyrrole nitrogens is 3. The summed E-state index contributed by atoms with van der Waals surface area (Å²) in [6.07, 6.45) is 6.30. The van der Waals surface area contributed by atoms with Crippen LogP contribution in [0.4, 0.5) is 0 Å². The van der Waals surface area contributed by atoms with Crippen LogP contribution in [0.25, 0.3) is 0 Å². The molecule has 0 saturated carbocycles. The minimum absolute atomic E-state index is 0. The Balaban J connectivity index is -0.000000262. The molecule has 280 valence electrons. The first-order valence-corrected chi connectivity index (χ1v) is 17.2. The lowest BCUT2D eigenvalue weighted by Crippen LogP contribution is -2.04. The molecular weight excluding hydrogens is 585 g/mol. The van der Waals surface area contributed by atoms with Gasteiger partial charge in [-0.1, -0.05) is 127 Å². The number of hydrogen-bond donors (Lipinski definition) is 3. The normalized spacial score (nSPS) is 10.5. The van der Waals surface area contributed by atoms with Gasteiger partial charge in [-0.25, -0.2) is 0 Å². The van der Waals surface area contributed by atoms with Crippen molar-refractivity contribution in [2.45, 2.75) is 188 Å².